The Morgan fingerprint density at radius 1 is 1.36 bits per heavy atom. The second kappa shape index (κ2) is 3.98. The first kappa shape index (κ1) is 9.49. The van der Waals surface area contributed by atoms with Crippen molar-refractivity contribution < 1.29 is 9.57 Å². The molecule has 0 heterocycles. The zero-order valence-electron chi connectivity index (χ0n) is 8.54. The summed E-state index contributed by atoms with van der Waals surface area (Å²) >= 11 is 0. The number of benzene rings is 1. The predicted molar refractivity (Wildman–Crippen MR) is 54.2 cm³/mol. The maximum atomic E-state index is 5.18. The van der Waals surface area contributed by atoms with Crippen LogP contribution < -0.4 is 10.2 Å². The number of nitrogens with one attached hydrogen (secondary N) is 1. The highest BCUT2D eigenvalue weighted by atomic mass is 16.6. The molecule has 1 aromatic rings. The van der Waals surface area contributed by atoms with Crippen LogP contribution in [0.2, 0.25) is 0 Å². The molecule has 0 aromatic heterocycles. The molecule has 76 valence electrons. The van der Waals surface area contributed by atoms with Crippen molar-refractivity contribution >= 4 is 0 Å². The van der Waals surface area contributed by atoms with Gasteiger partial charge in [0.1, 0.15) is 5.75 Å². The van der Waals surface area contributed by atoms with Crippen molar-refractivity contribution in [2.24, 2.45) is 0 Å². The lowest BCUT2D eigenvalue weighted by atomic mass is 10.1. The first-order valence-electron chi connectivity index (χ1n) is 4.80. The van der Waals surface area contributed by atoms with Gasteiger partial charge in [0.25, 0.3) is 0 Å². The average molecular weight is 193 g/mol. The van der Waals surface area contributed by atoms with E-state index in [0.717, 1.165) is 18.6 Å². The van der Waals surface area contributed by atoms with Gasteiger partial charge in [0, 0.05) is 0 Å². The fourth-order valence-electron chi connectivity index (χ4n) is 1.99. The van der Waals surface area contributed by atoms with Gasteiger partial charge in [-0.3, -0.25) is 0 Å². The highest BCUT2D eigenvalue weighted by molar-refractivity contribution is 5.40. The number of ether oxygens (including phenoxy) is 1. The highest BCUT2D eigenvalue weighted by Crippen LogP contribution is 2.33. The van der Waals surface area contributed by atoms with Crippen LogP contribution in [-0.4, -0.2) is 14.2 Å². The molecule has 1 aliphatic carbocycles. The summed E-state index contributed by atoms with van der Waals surface area (Å²) < 4.78 is 5.18. The molecule has 0 bridgehead atoms. The van der Waals surface area contributed by atoms with Crippen LogP contribution in [0, 0.1) is 0 Å². The van der Waals surface area contributed by atoms with Crippen LogP contribution in [0.4, 0.5) is 0 Å². The van der Waals surface area contributed by atoms with Gasteiger partial charge >= 0.3 is 0 Å². The van der Waals surface area contributed by atoms with Crippen molar-refractivity contribution in [1.82, 2.24) is 5.48 Å². The van der Waals surface area contributed by atoms with E-state index < -0.39 is 0 Å². The molecular formula is C11H15NO2. The first-order valence-corrected chi connectivity index (χ1v) is 4.80. The minimum Gasteiger partial charge on any atom is -0.497 e. The highest BCUT2D eigenvalue weighted by Gasteiger charge is 2.22. The Hall–Kier alpha value is -1.06. The third-order valence-electron chi connectivity index (χ3n) is 2.69. The molecule has 0 amide bonds. The molecule has 2 rings (SSSR count). The zero-order valence-corrected chi connectivity index (χ0v) is 8.54. The maximum Gasteiger partial charge on any atom is 0.119 e. The summed E-state index contributed by atoms with van der Waals surface area (Å²) in [5, 5.41) is 0. The van der Waals surface area contributed by atoms with Crippen molar-refractivity contribution in [3.8, 4) is 5.75 Å². The maximum absolute atomic E-state index is 5.18. The molecule has 1 aromatic carbocycles. The summed E-state index contributed by atoms with van der Waals surface area (Å²) in [5.74, 6) is 0.932. The minimum atomic E-state index is 0.334. The number of hydroxylamine groups is 1. The van der Waals surface area contributed by atoms with Crippen LogP contribution in [0.25, 0.3) is 0 Å². The lowest BCUT2D eigenvalue weighted by Gasteiger charge is -2.11. The van der Waals surface area contributed by atoms with E-state index >= 15 is 0 Å². The van der Waals surface area contributed by atoms with Crippen molar-refractivity contribution in [3.63, 3.8) is 0 Å². The summed E-state index contributed by atoms with van der Waals surface area (Å²) in [6, 6.07) is 6.54. The molecule has 0 aliphatic heterocycles. The molecule has 1 atom stereocenters. The molecule has 1 unspecified atom stereocenters. The Morgan fingerprint density at radius 2 is 2.21 bits per heavy atom. The molecule has 0 radical (unpaired) electrons. The Bertz CT molecular complexity index is 325. The molecule has 1 N–H and O–H groups in total. The Balaban J connectivity index is 2.24. The summed E-state index contributed by atoms with van der Waals surface area (Å²) in [6.07, 6.45) is 2.18. The van der Waals surface area contributed by atoms with Gasteiger partial charge in [0.2, 0.25) is 0 Å². The van der Waals surface area contributed by atoms with Crippen LogP contribution >= 0.6 is 0 Å². The van der Waals surface area contributed by atoms with Crippen molar-refractivity contribution in [2.75, 3.05) is 14.2 Å². The van der Waals surface area contributed by atoms with Crippen molar-refractivity contribution in [3.05, 3.63) is 29.3 Å². The number of methoxy groups -OCH3 is 1. The van der Waals surface area contributed by atoms with E-state index in [-0.39, 0.29) is 0 Å². The number of aryl methyl sites for hydroxylation is 1. The van der Waals surface area contributed by atoms with E-state index in [0.29, 0.717) is 6.04 Å². The summed E-state index contributed by atoms with van der Waals surface area (Å²) in [4.78, 5) is 4.96. The average Bonchev–Trinajstić information content (AvgIpc) is 2.61. The second-order valence-electron chi connectivity index (χ2n) is 3.48. The molecule has 0 saturated carbocycles. The minimum absolute atomic E-state index is 0.334. The molecule has 1 aliphatic rings. The van der Waals surface area contributed by atoms with E-state index in [9.17, 15) is 0 Å². The van der Waals surface area contributed by atoms with Gasteiger partial charge in [-0.15, -0.1) is 0 Å². The van der Waals surface area contributed by atoms with E-state index in [1.807, 2.05) is 6.07 Å². The number of fused-ring (bicyclic) bond motifs is 1. The van der Waals surface area contributed by atoms with Gasteiger partial charge in [0.15, 0.2) is 0 Å². The van der Waals surface area contributed by atoms with Gasteiger partial charge in [-0.2, -0.15) is 5.48 Å². The Kier molecular flexibility index (Phi) is 2.70. The van der Waals surface area contributed by atoms with Gasteiger partial charge in [-0.1, -0.05) is 6.07 Å². The number of hydrogen-bond acceptors (Lipinski definition) is 3. The van der Waals surface area contributed by atoms with E-state index in [2.05, 4.69) is 17.6 Å². The van der Waals surface area contributed by atoms with Gasteiger partial charge in [-0.05, 0) is 36.1 Å². The second-order valence-corrected chi connectivity index (χ2v) is 3.48. The lowest BCUT2D eigenvalue weighted by Crippen LogP contribution is -2.17. The fraction of sp³-hybridized carbons (Fsp3) is 0.455. The lowest BCUT2D eigenvalue weighted by molar-refractivity contribution is 0.0610. The SMILES string of the molecule is CONC1CCc2cc(OC)ccc21. The fourth-order valence-corrected chi connectivity index (χ4v) is 1.99. The van der Waals surface area contributed by atoms with Crippen LogP contribution in [0.3, 0.4) is 0 Å². The smallest absolute Gasteiger partial charge is 0.119 e. The van der Waals surface area contributed by atoms with Crippen molar-refractivity contribution in [2.45, 2.75) is 18.9 Å². The monoisotopic (exact) mass is 193 g/mol. The summed E-state index contributed by atoms with van der Waals surface area (Å²) in [6.45, 7) is 0. The molecule has 0 fully saturated rings. The molecule has 14 heavy (non-hydrogen) atoms. The quantitative estimate of drug-likeness (QED) is 0.743. The van der Waals surface area contributed by atoms with Gasteiger partial charge in [0.05, 0.1) is 20.3 Å². The third-order valence-corrected chi connectivity index (χ3v) is 2.69. The van der Waals surface area contributed by atoms with Crippen LogP contribution in [0.15, 0.2) is 18.2 Å². The summed E-state index contributed by atoms with van der Waals surface area (Å²) in [5.41, 5.74) is 5.68. The van der Waals surface area contributed by atoms with Crippen LogP contribution in [0.5, 0.6) is 5.75 Å². The Labute approximate surface area is 84.0 Å². The van der Waals surface area contributed by atoms with Gasteiger partial charge < -0.3 is 9.57 Å². The molecule has 0 saturated heterocycles. The molecule has 3 nitrogen and oxygen atoms in total. The number of hydrogen-bond donors (Lipinski definition) is 1. The van der Waals surface area contributed by atoms with E-state index in [1.165, 1.54) is 11.1 Å². The number of rotatable bonds is 3. The van der Waals surface area contributed by atoms with Crippen LogP contribution in [-0.2, 0) is 11.3 Å². The van der Waals surface area contributed by atoms with E-state index in [1.54, 1.807) is 14.2 Å². The largest absolute Gasteiger partial charge is 0.497 e. The van der Waals surface area contributed by atoms with Crippen LogP contribution in [0.1, 0.15) is 23.6 Å². The molecular weight excluding hydrogens is 178 g/mol. The zero-order chi connectivity index (χ0) is 9.97. The van der Waals surface area contributed by atoms with E-state index in [4.69, 9.17) is 9.57 Å². The molecule has 0 spiro atoms. The first-order chi connectivity index (χ1) is 6.85. The molecule has 3 heteroatoms. The third kappa shape index (κ3) is 1.61. The van der Waals surface area contributed by atoms with Crippen molar-refractivity contribution in [1.29, 1.82) is 0 Å². The Morgan fingerprint density at radius 3 is 2.93 bits per heavy atom. The summed E-state index contributed by atoms with van der Waals surface area (Å²) in [7, 11) is 3.35. The van der Waals surface area contributed by atoms with Gasteiger partial charge in [-0.25, -0.2) is 0 Å². The topological polar surface area (TPSA) is 30.5 Å². The predicted octanol–water partition coefficient (Wildman–Crippen LogP) is 1.83. The standard InChI is InChI=1S/C11H15NO2/c1-13-9-4-5-10-8(7-9)3-6-11(10)12-14-2/h4-5,7,11-12H,3,6H2,1-2H3. The normalized spacial score (nSPS) is 19.4.